The number of nitrogens with zero attached hydrogens (tertiary/aromatic N) is 3. The van der Waals surface area contributed by atoms with E-state index in [1.165, 1.54) is 0 Å². The molecule has 19 heavy (non-hydrogen) atoms. The second-order valence-electron chi connectivity index (χ2n) is 4.34. The zero-order valence-electron chi connectivity index (χ0n) is 11.1. The lowest BCUT2D eigenvalue weighted by atomic mass is 10.2. The average molecular weight is 277 g/mol. The first-order valence-corrected chi connectivity index (χ1v) is 6.48. The van der Waals surface area contributed by atoms with Crippen LogP contribution in [0.1, 0.15) is 11.3 Å². The molecule has 0 spiro atoms. The van der Waals surface area contributed by atoms with Crippen molar-refractivity contribution in [3.8, 4) is 0 Å². The lowest BCUT2D eigenvalue weighted by Crippen LogP contribution is -2.18. The van der Waals surface area contributed by atoms with Crippen molar-refractivity contribution in [3.05, 3.63) is 52.9 Å². The molecule has 1 heterocycles. The van der Waals surface area contributed by atoms with Gasteiger partial charge in [0.05, 0.1) is 18.1 Å². The molecule has 0 saturated heterocycles. The van der Waals surface area contributed by atoms with Gasteiger partial charge < -0.3 is 10.2 Å². The van der Waals surface area contributed by atoms with E-state index >= 15 is 0 Å². The zero-order chi connectivity index (χ0) is 13.7. The van der Waals surface area contributed by atoms with Gasteiger partial charge in [0.25, 0.3) is 0 Å². The van der Waals surface area contributed by atoms with Gasteiger partial charge in [-0.1, -0.05) is 29.8 Å². The van der Waals surface area contributed by atoms with Crippen LogP contribution in [-0.2, 0) is 13.1 Å². The van der Waals surface area contributed by atoms with E-state index in [4.69, 9.17) is 11.6 Å². The first-order chi connectivity index (χ1) is 9.20. The summed E-state index contributed by atoms with van der Waals surface area (Å²) >= 11 is 6.15. The van der Waals surface area contributed by atoms with Gasteiger partial charge in [0.1, 0.15) is 5.82 Å². The Kier molecular flexibility index (Phi) is 4.71. The van der Waals surface area contributed by atoms with Gasteiger partial charge in [-0.2, -0.15) is 0 Å². The standard InChI is InChI=1S/C14H17ClN4/c1-16-7-12-8-18-14(9-17-12)19(2)10-11-5-3-4-6-13(11)15/h3-6,8-9,16H,7,10H2,1-2H3. The fourth-order valence-corrected chi connectivity index (χ4v) is 1.98. The van der Waals surface area contributed by atoms with Gasteiger partial charge in [-0.05, 0) is 18.7 Å². The molecule has 0 aliphatic carbocycles. The van der Waals surface area contributed by atoms with E-state index < -0.39 is 0 Å². The Bertz CT molecular complexity index is 527. The number of rotatable bonds is 5. The Balaban J connectivity index is 2.07. The number of aromatic nitrogens is 2. The Morgan fingerprint density at radius 2 is 2.00 bits per heavy atom. The molecule has 1 aromatic carbocycles. The van der Waals surface area contributed by atoms with Crippen molar-refractivity contribution in [3.63, 3.8) is 0 Å². The van der Waals surface area contributed by atoms with Crippen LogP contribution in [-0.4, -0.2) is 24.1 Å². The fourth-order valence-electron chi connectivity index (χ4n) is 1.78. The molecular weight excluding hydrogens is 260 g/mol. The molecule has 0 aliphatic rings. The van der Waals surface area contributed by atoms with Crippen molar-refractivity contribution >= 4 is 17.4 Å². The molecule has 0 radical (unpaired) electrons. The summed E-state index contributed by atoms with van der Waals surface area (Å²) in [6.07, 6.45) is 3.57. The predicted molar refractivity (Wildman–Crippen MR) is 78.4 cm³/mol. The molecule has 0 fully saturated rings. The van der Waals surface area contributed by atoms with Crippen molar-refractivity contribution < 1.29 is 0 Å². The number of benzene rings is 1. The summed E-state index contributed by atoms with van der Waals surface area (Å²) in [4.78, 5) is 10.8. The van der Waals surface area contributed by atoms with Gasteiger partial charge >= 0.3 is 0 Å². The summed E-state index contributed by atoms with van der Waals surface area (Å²) in [6, 6.07) is 7.82. The van der Waals surface area contributed by atoms with E-state index in [1.54, 1.807) is 12.4 Å². The van der Waals surface area contributed by atoms with Crippen molar-refractivity contribution in [1.29, 1.82) is 0 Å². The number of anilines is 1. The monoisotopic (exact) mass is 276 g/mol. The largest absolute Gasteiger partial charge is 0.354 e. The summed E-state index contributed by atoms with van der Waals surface area (Å²) in [5.74, 6) is 0.833. The van der Waals surface area contributed by atoms with Crippen LogP contribution < -0.4 is 10.2 Å². The van der Waals surface area contributed by atoms with E-state index in [0.29, 0.717) is 6.54 Å². The number of hydrogen-bond acceptors (Lipinski definition) is 4. The first-order valence-electron chi connectivity index (χ1n) is 6.11. The molecule has 2 aromatic rings. The van der Waals surface area contributed by atoms with Crippen molar-refractivity contribution in [2.75, 3.05) is 19.0 Å². The molecular formula is C14H17ClN4. The Morgan fingerprint density at radius 3 is 2.63 bits per heavy atom. The van der Waals surface area contributed by atoms with E-state index in [9.17, 15) is 0 Å². The lowest BCUT2D eigenvalue weighted by molar-refractivity contribution is 0.779. The highest BCUT2D eigenvalue weighted by molar-refractivity contribution is 6.31. The van der Waals surface area contributed by atoms with Crippen LogP contribution in [0.25, 0.3) is 0 Å². The third-order valence-electron chi connectivity index (χ3n) is 2.81. The minimum Gasteiger partial charge on any atom is -0.354 e. The van der Waals surface area contributed by atoms with Crippen molar-refractivity contribution in [1.82, 2.24) is 15.3 Å². The Hall–Kier alpha value is -1.65. The summed E-state index contributed by atoms with van der Waals surface area (Å²) in [5.41, 5.74) is 2.00. The van der Waals surface area contributed by atoms with Crippen LogP contribution in [0.5, 0.6) is 0 Å². The highest BCUT2D eigenvalue weighted by Crippen LogP contribution is 2.18. The molecule has 4 nitrogen and oxygen atoms in total. The lowest BCUT2D eigenvalue weighted by Gasteiger charge is -2.18. The van der Waals surface area contributed by atoms with Crippen LogP contribution in [0.2, 0.25) is 5.02 Å². The number of nitrogens with one attached hydrogen (secondary N) is 1. The summed E-state index contributed by atoms with van der Waals surface area (Å²) in [5, 5.41) is 3.82. The SMILES string of the molecule is CNCc1cnc(N(C)Cc2ccccc2Cl)cn1. The molecule has 5 heteroatoms. The highest BCUT2D eigenvalue weighted by atomic mass is 35.5. The Morgan fingerprint density at radius 1 is 1.21 bits per heavy atom. The summed E-state index contributed by atoms with van der Waals surface area (Å²) in [7, 11) is 3.87. The first kappa shape index (κ1) is 13.8. The van der Waals surface area contributed by atoms with E-state index in [-0.39, 0.29) is 0 Å². The molecule has 1 aromatic heterocycles. The number of halogens is 1. The molecule has 0 aliphatic heterocycles. The fraction of sp³-hybridized carbons (Fsp3) is 0.286. The molecule has 2 rings (SSSR count). The second-order valence-corrected chi connectivity index (χ2v) is 4.75. The quantitative estimate of drug-likeness (QED) is 0.911. The molecule has 0 atom stereocenters. The van der Waals surface area contributed by atoms with Crippen molar-refractivity contribution in [2.24, 2.45) is 0 Å². The summed E-state index contributed by atoms with van der Waals surface area (Å²) < 4.78 is 0. The van der Waals surface area contributed by atoms with Gasteiger partial charge in [-0.25, -0.2) is 4.98 Å². The highest BCUT2D eigenvalue weighted by Gasteiger charge is 2.06. The minimum atomic E-state index is 0.708. The van der Waals surface area contributed by atoms with Crippen molar-refractivity contribution in [2.45, 2.75) is 13.1 Å². The van der Waals surface area contributed by atoms with Gasteiger partial charge in [0.15, 0.2) is 0 Å². The second kappa shape index (κ2) is 6.50. The maximum absolute atomic E-state index is 6.15. The minimum absolute atomic E-state index is 0.708. The third kappa shape index (κ3) is 3.66. The molecule has 100 valence electrons. The maximum Gasteiger partial charge on any atom is 0.147 e. The van der Waals surface area contributed by atoms with E-state index in [0.717, 1.165) is 28.6 Å². The van der Waals surface area contributed by atoms with Gasteiger partial charge in [-0.15, -0.1) is 0 Å². The number of hydrogen-bond donors (Lipinski definition) is 1. The van der Waals surface area contributed by atoms with E-state index in [1.807, 2.05) is 43.3 Å². The van der Waals surface area contributed by atoms with Crippen LogP contribution in [0.3, 0.4) is 0 Å². The average Bonchev–Trinajstić information content (AvgIpc) is 2.42. The van der Waals surface area contributed by atoms with Gasteiger partial charge in [0, 0.05) is 25.2 Å². The van der Waals surface area contributed by atoms with Crippen LogP contribution in [0.4, 0.5) is 5.82 Å². The van der Waals surface area contributed by atoms with Crippen LogP contribution in [0, 0.1) is 0 Å². The zero-order valence-corrected chi connectivity index (χ0v) is 11.9. The third-order valence-corrected chi connectivity index (χ3v) is 3.17. The van der Waals surface area contributed by atoms with Gasteiger partial charge in [0.2, 0.25) is 0 Å². The molecule has 1 N–H and O–H groups in total. The molecule has 0 bridgehead atoms. The van der Waals surface area contributed by atoms with Gasteiger partial charge in [-0.3, -0.25) is 4.98 Å². The van der Waals surface area contributed by atoms with Crippen LogP contribution >= 0.6 is 11.6 Å². The Labute approximate surface area is 118 Å². The molecule has 0 unspecified atom stereocenters. The van der Waals surface area contributed by atoms with E-state index in [2.05, 4.69) is 15.3 Å². The smallest absolute Gasteiger partial charge is 0.147 e. The molecule has 0 amide bonds. The predicted octanol–water partition coefficient (Wildman–Crippen LogP) is 2.49. The topological polar surface area (TPSA) is 41.1 Å². The van der Waals surface area contributed by atoms with Crippen LogP contribution in [0.15, 0.2) is 36.7 Å². The summed E-state index contributed by atoms with van der Waals surface area (Å²) in [6.45, 7) is 1.43. The maximum atomic E-state index is 6.15. The molecule has 0 saturated carbocycles. The normalized spacial score (nSPS) is 10.5.